The number of pyridine rings is 1. The highest BCUT2D eigenvalue weighted by Gasteiger charge is 2.19. The van der Waals surface area contributed by atoms with Gasteiger partial charge >= 0.3 is 0 Å². The molecule has 1 aromatic carbocycles. The highest BCUT2D eigenvalue weighted by atomic mass is 35.5. The number of nitrogen functional groups attached to an aromatic ring is 1. The van der Waals surface area contributed by atoms with E-state index in [0.29, 0.717) is 27.9 Å². The summed E-state index contributed by atoms with van der Waals surface area (Å²) in [6.07, 6.45) is 1.76. The molecule has 0 amide bonds. The van der Waals surface area contributed by atoms with Gasteiger partial charge in [-0.15, -0.1) is 0 Å². The van der Waals surface area contributed by atoms with Crippen LogP contribution in [0.4, 0.5) is 5.82 Å². The average molecular weight is 361 g/mol. The molecule has 0 fully saturated rings. The van der Waals surface area contributed by atoms with Crippen LogP contribution in [0, 0.1) is 18.3 Å². The molecule has 0 bridgehead atoms. The molecule has 26 heavy (non-hydrogen) atoms. The van der Waals surface area contributed by atoms with Crippen LogP contribution < -0.4 is 5.73 Å². The van der Waals surface area contributed by atoms with Crippen molar-refractivity contribution >= 4 is 23.1 Å². The minimum absolute atomic E-state index is 0.389. The van der Waals surface area contributed by atoms with Gasteiger partial charge in [0, 0.05) is 17.5 Å². The van der Waals surface area contributed by atoms with Gasteiger partial charge in [-0.3, -0.25) is 0 Å². The zero-order chi connectivity index (χ0) is 18.3. The number of fused-ring (bicyclic) bond motifs is 1. The Morgan fingerprint density at radius 2 is 1.96 bits per heavy atom. The Hall–Kier alpha value is -3.43. The van der Waals surface area contributed by atoms with E-state index >= 15 is 0 Å². The van der Waals surface area contributed by atoms with Gasteiger partial charge in [0.05, 0.1) is 17.2 Å². The molecule has 0 atom stereocenters. The third kappa shape index (κ3) is 2.75. The maximum Gasteiger partial charge on any atom is 0.165 e. The van der Waals surface area contributed by atoms with E-state index in [-0.39, 0.29) is 0 Å². The van der Waals surface area contributed by atoms with Crippen molar-refractivity contribution in [2.24, 2.45) is 0 Å². The first-order valence-corrected chi connectivity index (χ1v) is 8.23. The molecule has 4 aromatic rings. The zero-order valence-electron chi connectivity index (χ0n) is 13.8. The Morgan fingerprint density at radius 1 is 1.12 bits per heavy atom. The molecule has 0 aliphatic heterocycles. The number of benzene rings is 1. The van der Waals surface area contributed by atoms with Crippen LogP contribution in [-0.2, 0) is 0 Å². The topological polar surface area (TPSA) is 92.9 Å². The molecule has 0 unspecified atom stereocenters. The quantitative estimate of drug-likeness (QED) is 0.547. The predicted octanol–water partition coefficient (Wildman–Crippen LogP) is 3.87. The van der Waals surface area contributed by atoms with Crippen LogP contribution >= 0.6 is 11.6 Å². The number of nitrogens with two attached hydrogens (primary N) is 1. The number of rotatable bonds is 2. The zero-order valence-corrected chi connectivity index (χ0v) is 14.6. The lowest BCUT2D eigenvalue weighted by Gasteiger charge is -2.06. The fourth-order valence-corrected chi connectivity index (χ4v) is 3.17. The van der Waals surface area contributed by atoms with Crippen LogP contribution in [0.15, 0.2) is 48.7 Å². The number of halogens is 1. The number of nitrogens with zero attached hydrogens (tertiary/aromatic N) is 5. The monoisotopic (exact) mass is 360 g/mol. The lowest BCUT2D eigenvalue weighted by molar-refractivity contribution is 0.945. The Labute approximate surface area is 154 Å². The standard InChI is InChI=1S/C19H13ClN6/c1-11-7-14(9-15(20)23-11)17-18(13-4-2-3-12(8-13)10-21)25-26-6-5-16(22)24-19(17)26/h2-9H,1H3,(H2,22,24). The second kappa shape index (κ2) is 6.14. The molecule has 0 saturated heterocycles. The summed E-state index contributed by atoms with van der Waals surface area (Å²) >= 11 is 6.17. The number of aryl methyl sites for hydroxylation is 1. The van der Waals surface area contributed by atoms with E-state index in [4.69, 9.17) is 17.3 Å². The molecule has 6 nitrogen and oxygen atoms in total. The van der Waals surface area contributed by atoms with E-state index in [9.17, 15) is 5.26 Å². The van der Waals surface area contributed by atoms with E-state index in [0.717, 1.165) is 22.4 Å². The Bertz CT molecular complexity index is 1170. The third-order valence-corrected chi connectivity index (χ3v) is 4.18. The van der Waals surface area contributed by atoms with Crippen molar-refractivity contribution in [2.45, 2.75) is 6.92 Å². The van der Waals surface area contributed by atoms with Crippen molar-refractivity contribution in [3.05, 3.63) is 65.1 Å². The second-order valence-corrected chi connectivity index (χ2v) is 6.24. The van der Waals surface area contributed by atoms with Crippen LogP contribution in [0.3, 0.4) is 0 Å². The molecule has 0 aliphatic carbocycles. The van der Waals surface area contributed by atoms with E-state index in [2.05, 4.69) is 21.1 Å². The first kappa shape index (κ1) is 16.1. The van der Waals surface area contributed by atoms with Crippen LogP contribution in [-0.4, -0.2) is 19.6 Å². The van der Waals surface area contributed by atoms with E-state index in [1.54, 1.807) is 35.0 Å². The van der Waals surface area contributed by atoms with Gasteiger partial charge < -0.3 is 5.73 Å². The third-order valence-electron chi connectivity index (χ3n) is 3.98. The largest absolute Gasteiger partial charge is 0.384 e. The highest BCUT2D eigenvalue weighted by molar-refractivity contribution is 6.29. The lowest BCUT2D eigenvalue weighted by atomic mass is 10.00. The van der Waals surface area contributed by atoms with Crippen molar-refractivity contribution < 1.29 is 0 Å². The predicted molar refractivity (Wildman–Crippen MR) is 101 cm³/mol. The first-order valence-electron chi connectivity index (χ1n) is 7.85. The second-order valence-electron chi connectivity index (χ2n) is 5.86. The molecule has 3 aromatic heterocycles. The molecule has 126 valence electrons. The average Bonchev–Trinajstić information content (AvgIpc) is 2.99. The summed E-state index contributed by atoms with van der Waals surface area (Å²) in [5.74, 6) is 0.396. The summed E-state index contributed by atoms with van der Waals surface area (Å²) < 4.78 is 1.67. The minimum atomic E-state index is 0.389. The van der Waals surface area contributed by atoms with Gasteiger partial charge in [-0.2, -0.15) is 10.4 Å². The molecular weight excluding hydrogens is 348 g/mol. The highest BCUT2D eigenvalue weighted by Crippen LogP contribution is 2.36. The Balaban J connectivity index is 2.08. The van der Waals surface area contributed by atoms with E-state index in [1.807, 2.05) is 25.1 Å². The summed E-state index contributed by atoms with van der Waals surface area (Å²) in [7, 11) is 0. The molecular formula is C19H13ClN6. The van der Waals surface area contributed by atoms with Crippen molar-refractivity contribution in [2.75, 3.05) is 5.73 Å². The molecule has 0 aliphatic rings. The molecule has 3 heterocycles. The van der Waals surface area contributed by atoms with Gasteiger partial charge in [0.2, 0.25) is 0 Å². The maximum absolute atomic E-state index is 9.21. The smallest absolute Gasteiger partial charge is 0.165 e. The number of hydrogen-bond donors (Lipinski definition) is 1. The van der Waals surface area contributed by atoms with Gasteiger partial charge in [0.1, 0.15) is 16.7 Å². The first-order chi connectivity index (χ1) is 12.5. The van der Waals surface area contributed by atoms with Crippen molar-refractivity contribution in [3.8, 4) is 28.5 Å². The maximum atomic E-state index is 9.21. The molecule has 0 saturated carbocycles. The number of aromatic nitrogens is 4. The molecule has 0 spiro atoms. The lowest BCUT2D eigenvalue weighted by Crippen LogP contribution is -1.95. The van der Waals surface area contributed by atoms with Gasteiger partial charge in [0.25, 0.3) is 0 Å². The summed E-state index contributed by atoms with van der Waals surface area (Å²) in [5.41, 5.74) is 11.0. The van der Waals surface area contributed by atoms with Gasteiger partial charge in [-0.25, -0.2) is 14.5 Å². The molecule has 0 radical (unpaired) electrons. The summed E-state index contributed by atoms with van der Waals surface area (Å²) in [5, 5.41) is 14.3. The van der Waals surface area contributed by atoms with Crippen LogP contribution in [0.1, 0.15) is 11.3 Å². The molecule has 4 rings (SSSR count). The summed E-state index contributed by atoms with van der Waals surface area (Å²) in [6, 6.07) is 14.8. The van der Waals surface area contributed by atoms with Gasteiger partial charge in [-0.1, -0.05) is 23.7 Å². The van der Waals surface area contributed by atoms with Crippen molar-refractivity contribution in [1.29, 1.82) is 5.26 Å². The number of nitriles is 1. The van der Waals surface area contributed by atoms with E-state index < -0.39 is 0 Å². The number of hydrogen-bond acceptors (Lipinski definition) is 5. The Kier molecular flexibility index (Phi) is 3.79. The molecule has 2 N–H and O–H groups in total. The Morgan fingerprint density at radius 3 is 2.73 bits per heavy atom. The fourth-order valence-electron chi connectivity index (χ4n) is 2.92. The van der Waals surface area contributed by atoms with Gasteiger partial charge in [-0.05, 0) is 42.8 Å². The van der Waals surface area contributed by atoms with Crippen LogP contribution in [0.25, 0.3) is 28.0 Å². The fraction of sp³-hybridized carbons (Fsp3) is 0.0526. The number of anilines is 1. The summed E-state index contributed by atoms with van der Waals surface area (Å²) in [6.45, 7) is 1.87. The van der Waals surface area contributed by atoms with Gasteiger partial charge in [0.15, 0.2) is 5.65 Å². The van der Waals surface area contributed by atoms with Crippen molar-refractivity contribution in [3.63, 3.8) is 0 Å². The van der Waals surface area contributed by atoms with E-state index in [1.165, 1.54) is 0 Å². The summed E-state index contributed by atoms with van der Waals surface area (Å²) in [4.78, 5) is 8.67. The minimum Gasteiger partial charge on any atom is -0.384 e. The van der Waals surface area contributed by atoms with Crippen LogP contribution in [0.2, 0.25) is 5.15 Å². The van der Waals surface area contributed by atoms with Crippen LogP contribution in [0.5, 0.6) is 0 Å². The normalized spacial score (nSPS) is 10.8. The SMILES string of the molecule is Cc1cc(-c2c(-c3cccc(C#N)c3)nn3ccc(N)nc23)cc(Cl)n1. The van der Waals surface area contributed by atoms with Crippen molar-refractivity contribution in [1.82, 2.24) is 19.6 Å². The molecule has 7 heteroatoms.